The van der Waals surface area contributed by atoms with Gasteiger partial charge in [-0.3, -0.25) is 9.36 Å². The van der Waals surface area contributed by atoms with Gasteiger partial charge in [-0.05, 0) is 66.6 Å². The molecule has 0 spiro atoms. The van der Waals surface area contributed by atoms with Crippen molar-refractivity contribution in [1.29, 1.82) is 0 Å². The molecule has 0 aliphatic rings. The van der Waals surface area contributed by atoms with E-state index >= 15 is 0 Å². The van der Waals surface area contributed by atoms with Crippen LogP contribution in [-0.4, -0.2) is 40.7 Å². The van der Waals surface area contributed by atoms with Crippen LogP contribution < -0.4 is 10.9 Å². The summed E-state index contributed by atoms with van der Waals surface area (Å²) in [6, 6.07) is 20.5. The molecule has 1 atom stereocenters. The fourth-order valence-electron chi connectivity index (χ4n) is 5.12. The van der Waals surface area contributed by atoms with Crippen molar-refractivity contribution >= 4 is 22.6 Å². The second-order valence-electron chi connectivity index (χ2n) is 10.9. The van der Waals surface area contributed by atoms with Crippen LogP contribution in [0.4, 0.5) is 10.5 Å². The number of hydrogen-bond acceptors (Lipinski definition) is 4. The number of rotatable bonds is 9. The summed E-state index contributed by atoms with van der Waals surface area (Å²) < 4.78 is 7.03. The Hall–Kier alpha value is -3.97. The van der Waals surface area contributed by atoms with E-state index in [2.05, 4.69) is 45.1 Å². The number of fused-ring (bicyclic) bond motifs is 1. The molecule has 7 nitrogen and oxygen atoms in total. The molecule has 0 saturated heterocycles. The predicted molar refractivity (Wildman–Crippen MR) is 163 cm³/mol. The van der Waals surface area contributed by atoms with Crippen molar-refractivity contribution in [2.75, 3.05) is 25.6 Å². The molecule has 2 amide bonds. The lowest BCUT2D eigenvalue weighted by Crippen LogP contribution is -2.42. The lowest BCUT2D eigenvalue weighted by Gasteiger charge is -2.31. The molecule has 1 unspecified atom stereocenters. The molecule has 7 heteroatoms. The minimum absolute atomic E-state index is 0.169. The Labute approximate surface area is 236 Å². The molecule has 210 valence electrons. The summed E-state index contributed by atoms with van der Waals surface area (Å²) in [5, 5.41) is 3.77. The summed E-state index contributed by atoms with van der Waals surface area (Å²) in [6.45, 7) is 13.1. The zero-order valence-electron chi connectivity index (χ0n) is 24.6. The lowest BCUT2D eigenvalue weighted by atomic mass is 9.93. The van der Waals surface area contributed by atoms with Crippen molar-refractivity contribution in [3.63, 3.8) is 0 Å². The Bertz CT molecular complexity index is 1530. The highest BCUT2D eigenvalue weighted by atomic mass is 16.5. The first kappa shape index (κ1) is 29.0. The average molecular weight is 541 g/mol. The van der Waals surface area contributed by atoms with Crippen molar-refractivity contribution < 1.29 is 9.53 Å². The molecule has 4 aromatic rings. The number of anilines is 1. The van der Waals surface area contributed by atoms with Crippen LogP contribution in [0, 0.1) is 6.92 Å². The van der Waals surface area contributed by atoms with Crippen molar-refractivity contribution in [3.8, 4) is 5.69 Å². The van der Waals surface area contributed by atoms with Crippen LogP contribution in [0.25, 0.3) is 16.6 Å². The zero-order chi connectivity index (χ0) is 29.0. The zero-order valence-corrected chi connectivity index (χ0v) is 24.6. The highest BCUT2D eigenvalue weighted by Crippen LogP contribution is 2.33. The third-order valence-corrected chi connectivity index (χ3v) is 7.30. The largest absolute Gasteiger partial charge is 0.383 e. The van der Waals surface area contributed by atoms with Crippen LogP contribution in [0.15, 0.2) is 71.5 Å². The first-order chi connectivity index (χ1) is 19.1. The second-order valence-corrected chi connectivity index (χ2v) is 10.9. The SMILES string of the molecule is COCCN(C(=O)Nc1c(C(C)C)cccc1C(C)C)C(C)c1nc2ccccc2c(=O)n1-c1cccc(C)c1. The van der Waals surface area contributed by atoms with Gasteiger partial charge in [0.25, 0.3) is 5.56 Å². The van der Waals surface area contributed by atoms with Crippen molar-refractivity contribution in [2.24, 2.45) is 0 Å². The number of aromatic nitrogens is 2. The second kappa shape index (κ2) is 12.5. The van der Waals surface area contributed by atoms with Crippen LogP contribution in [0.2, 0.25) is 0 Å². The molecule has 0 aliphatic heterocycles. The van der Waals surface area contributed by atoms with E-state index in [1.165, 1.54) is 0 Å². The van der Waals surface area contributed by atoms with Crippen LogP contribution in [0.3, 0.4) is 0 Å². The Morgan fingerprint density at radius 3 is 2.23 bits per heavy atom. The van der Waals surface area contributed by atoms with Gasteiger partial charge >= 0.3 is 6.03 Å². The van der Waals surface area contributed by atoms with E-state index in [0.717, 1.165) is 22.4 Å². The topological polar surface area (TPSA) is 76.5 Å². The number of hydrogen-bond donors (Lipinski definition) is 1. The summed E-state index contributed by atoms with van der Waals surface area (Å²) in [6.07, 6.45) is 0. The highest BCUT2D eigenvalue weighted by Gasteiger charge is 2.28. The Balaban J connectivity index is 1.85. The number of para-hydroxylation sites is 2. The maximum atomic E-state index is 14.1. The van der Waals surface area contributed by atoms with Crippen LogP contribution in [0.5, 0.6) is 0 Å². The van der Waals surface area contributed by atoms with Crippen molar-refractivity contribution in [3.05, 3.63) is 99.6 Å². The molecular formula is C33H40N4O3. The molecule has 0 aliphatic carbocycles. The summed E-state index contributed by atoms with van der Waals surface area (Å²) in [5.41, 5.74) is 5.17. The van der Waals surface area contributed by atoms with Crippen LogP contribution in [-0.2, 0) is 4.74 Å². The maximum Gasteiger partial charge on any atom is 0.322 e. The summed E-state index contributed by atoms with van der Waals surface area (Å²) in [5.74, 6) is 0.946. The minimum Gasteiger partial charge on any atom is -0.383 e. The summed E-state index contributed by atoms with van der Waals surface area (Å²) >= 11 is 0. The van der Waals surface area contributed by atoms with Crippen LogP contribution in [0.1, 0.15) is 75.0 Å². The molecule has 0 saturated carbocycles. The van der Waals surface area contributed by atoms with Crippen molar-refractivity contribution in [2.45, 2.75) is 59.4 Å². The molecule has 0 fully saturated rings. The molecule has 40 heavy (non-hydrogen) atoms. The monoisotopic (exact) mass is 540 g/mol. The predicted octanol–water partition coefficient (Wildman–Crippen LogP) is 7.18. The molecule has 3 aromatic carbocycles. The van der Waals surface area contributed by atoms with E-state index in [1.807, 2.05) is 62.4 Å². The average Bonchev–Trinajstić information content (AvgIpc) is 2.92. The van der Waals surface area contributed by atoms with E-state index in [0.29, 0.717) is 35.6 Å². The molecule has 1 aromatic heterocycles. The number of aryl methyl sites for hydroxylation is 1. The number of methoxy groups -OCH3 is 1. The normalized spacial score (nSPS) is 12.2. The van der Waals surface area contributed by atoms with Gasteiger partial charge < -0.3 is 15.0 Å². The maximum absolute atomic E-state index is 14.1. The molecule has 1 heterocycles. The third kappa shape index (κ3) is 5.94. The number of carbonyl (C=O) groups is 1. The molecule has 0 bridgehead atoms. The Kier molecular flexibility index (Phi) is 9.05. The first-order valence-corrected chi connectivity index (χ1v) is 13.9. The van der Waals surface area contributed by atoms with Gasteiger partial charge in [-0.25, -0.2) is 9.78 Å². The number of carbonyl (C=O) groups excluding carboxylic acids is 1. The van der Waals surface area contributed by atoms with Gasteiger partial charge in [0.1, 0.15) is 5.82 Å². The van der Waals surface area contributed by atoms with E-state index in [-0.39, 0.29) is 23.4 Å². The van der Waals surface area contributed by atoms with E-state index < -0.39 is 6.04 Å². The van der Waals surface area contributed by atoms with Gasteiger partial charge in [-0.2, -0.15) is 0 Å². The number of urea groups is 1. The number of amides is 2. The lowest BCUT2D eigenvalue weighted by molar-refractivity contribution is 0.137. The molecule has 0 radical (unpaired) electrons. The number of benzene rings is 3. The van der Waals surface area contributed by atoms with Gasteiger partial charge in [0.15, 0.2) is 0 Å². The third-order valence-electron chi connectivity index (χ3n) is 7.30. The van der Waals surface area contributed by atoms with Gasteiger partial charge in [0, 0.05) is 19.3 Å². The fourth-order valence-corrected chi connectivity index (χ4v) is 5.12. The smallest absolute Gasteiger partial charge is 0.322 e. The number of ether oxygens (including phenoxy) is 1. The molecule has 4 rings (SSSR count). The van der Waals surface area contributed by atoms with Crippen LogP contribution >= 0.6 is 0 Å². The Morgan fingerprint density at radius 2 is 1.60 bits per heavy atom. The van der Waals surface area contributed by atoms with E-state index in [4.69, 9.17) is 9.72 Å². The van der Waals surface area contributed by atoms with Crippen molar-refractivity contribution in [1.82, 2.24) is 14.5 Å². The van der Waals surface area contributed by atoms with Gasteiger partial charge in [0.05, 0.1) is 29.2 Å². The molecular weight excluding hydrogens is 500 g/mol. The quantitative estimate of drug-likeness (QED) is 0.244. The van der Waals surface area contributed by atoms with E-state index in [9.17, 15) is 9.59 Å². The van der Waals surface area contributed by atoms with E-state index in [1.54, 1.807) is 22.6 Å². The van der Waals surface area contributed by atoms with Gasteiger partial charge in [-0.15, -0.1) is 0 Å². The summed E-state index contributed by atoms with van der Waals surface area (Å²) in [7, 11) is 1.61. The molecule has 1 N–H and O–H groups in total. The van der Waals surface area contributed by atoms with Gasteiger partial charge in [0.2, 0.25) is 0 Å². The number of nitrogens with one attached hydrogen (secondary N) is 1. The van der Waals surface area contributed by atoms with Gasteiger partial charge in [-0.1, -0.05) is 70.2 Å². The summed E-state index contributed by atoms with van der Waals surface area (Å²) in [4.78, 5) is 34.6. The standard InChI is InChI=1S/C33H40N4O3/c1-21(2)26-15-11-16-27(22(3)4)30(26)35-33(39)36(18-19-40-7)24(6)31-34-29-17-9-8-14-28(29)32(38)37(31)25-13-10-12-23(5)20-25/h8-17,20-22,24H,18-19H2,1-7H3,(H,35,39). The highest BCUT2D eigenvalue weighted by molar-refractivity contribution is 5.92. The Morgan fingerprint density at radius 1 is 0.950 bits per heavy atom. The first-order valence-electron chi connectivity index (χ1n) is 13.9. The number of nitrogens with zero attached hydrogens (tertiary/aromatic N) is 3. The minimum atomic E-state index is -0.540. The fraction of sp³-hybridized carbons (Fsp3) is 0.364.